The number of aromatic nitrogens is 1. The maximum absolute atomic E-state index is 12.6. The zero-order valence-corrected chi connectivity index (χ0v) is 16.0. The van der Waals surface area contributed by atoms with Crippen molar-refractivity contribution in [2.45, 2.75) is 25.7 Å². The molecule has 144 valence electrons. The van der Waals surface area contributed by atoms with Gasteiger partial charge in [-0.15, -0.1) is 0 Å². The highest BCUT2D eigenvalue weighted by atomic mass is 16.5. The zero-order valence-electron chi connectivity index (χ0n) is 16.0. The van der Waals surface area contributed by atoms with Crippen LogP contribution < -0.4 is 4.90 Å². The maximum atomic E-state index is 12.6. The zero-order chi connectivity index (χ0) is 18.5. The average Bonchev–Trinajstić information content (AvgIpc) is 2.74. The first-order valence-electron chi connectivity index (χ1n) is 10.2. The molecule has 0 atom stereocenters. The summed E-state index contributed by atoms with van der Waals surface area (Å²) in [6.07, 6.45) is 5.52. The molecule has 0 saturated carbocycles. The number of carbonyl (C=O) groups excluding carboxylic acids is 1. The number of para-hydroxylation sites is 1. The second kappa shape index (κ2) is 8.81. The Morgan fingerprint density at radius 1 is 1.07 bits per heavy atom. The van der Waals surface area contributed by atoms with Crippen molar-refractivity contribution in [3.63, 3.8) is 0 Å². The fraction of sp³-hybridized carbons (Fsp3) is 0.545. The lowest BCUT2D eigenvalue weighted by Gasteiger charge is -2.33. The largest absolute Gasteiger partial charge is 0.379 e. The Morgan fingerprint density at radius 2 is 1.85 bits per heavy atom. The normalized spacial score (nSPS) is 19.5. The molecule has 3 heterocycles. The van der Waals surface area contributed by atoms with Crippen LogP contribution in [0.3, 0.4) is 0 Å². The summed E-state index contributed by atoms with van der Waals surface area (Å²) in [5, 5.41) is 1.20. The molecular formula is C22H29N3O2. The Kier molecular flexibility index (Phi) is 6.00. The summed E-state index contributed by atoms with van der Waals surface area (Å²) in [6.45, 7) is 6.60. The Balaban J connectivity index is 1.27. The molecule has 0 radical (unpaired) electrons. The second-order valence-electron chi connectivity index (χ2n) is 7.63. The van der Waals surface area contributed by atoms with Gasteiger partial charge in [0.1, 0.15) is 5.78 Å². The number of carbonyl (C=O) groups is 1. The van der Waals surface area contributed by atoms with Crippen LogP contribution in [0.15, 0.2) is 36.5 Å². The molecule has 2 aliphatic rings. The smallest absolute Gasteiger partial charge is 0.136 e. The molecule has 4 rings (SSSR count). The van der Waals surface area contributed by atoms with Crippen molar-refractivity contribution in [1.29, 1.82) is 0 Å². The van der Waals surface area contributed by atoms with Crippen molar-refractivity contribution in [3.8, 4) is 0 Å². The summed E-state index contributed by atoms with van der Waals surface area (Å²) in [7, 11) is 0. The van der Waals surface area contributed by atoms with E-state index in [9.17, 15) is 4.79 Å². The van der Waals surface area contributed by atoms with Crippen LogP contribution >= 0.6 is 0 Å². The number of ether oxygens (including phenoxy) is 1. The molecule has 1 aromatic heterocycles. The number of pyridine rings is 1. The van der Waals surface area contributed by atoms with Crippen molar-refractivity contribution >= 4 is 22.4 Å². The van der Waals surface area contributed by atoms with E-state index in [4.69, 9.17) is 4.74 Å². The molecule has 5 nitrogen and oxygen atoms in total. The van der Waals surface area contributed by atoms with Crippen LogP contribution in [-0.4, -0.2) is 61.6 Å². The Hall–Kier alpha value is -1.98. The topological polar surface area (TPSA) is 45.7 Å². The lowest BCUT2D eigenvalue weighted by Crippen LogP contribution is -2.38. The van der Waals surface area contributed by atoms with Gasteiger partial charge in [0.15, 0.2) is 0 Å². The lowest BCUT2D eigenvalue weighted by molar-refractivity contribution is -0.123. The van der Waals surface area contributed by atoms with Gasteiger partial charge in [-0.2, -0.15) is 0 Å². The van der Waals surface area contributed by atoms with Gasteiger partial charge in [-0.05, 0) is 37.9 Å². The van der Waals surface area contributed by atoms with Gasteiger partial charge in [-0.3, -0.25) is 14.7 Å². The van der Waals surface area contributed by atoms with Gasteiger partial charge in [-0.25, -0.2) is 0 Å². The van der Waals surface area contributed by atoms with Gasteiger partial charge in [0.25, 0.3) is 0 Å². The van der Waals surface area contributed by atoms with E-state index >= 15 is 0 Å². The van der Waals surface area contributed by atoms with E-state index < -0.39 is 0 Å². The number of Topliss-reactive ketones (excluding diaryl/α,β-unsaturated/α-hetero) is 1. The number of hydrogen-bond acceptors (Lipinski definition) is 5. The minimum absolute atomic E-state index is 0.235. The van der Waals surface area contributed by atoms with Gasteiger partial charge in [-0.1, -0.05) is 18.2 Å². The molecule has 27 heavy (non-hydrogen) atoms. The monoisotopic (exact) mass is 367 g/mol. The Morgan fingerprint density at radius 3 is 2.67 bits per heavy atom. The SMILES string of the molecule is O=C(CCCN1CCOCC1)C1CCN(c2ccnc3ccccc23)CC1. The summed E-state index contributed by atoms with van der Waals surface area (Å²) in [5.74, 6) is 0.696. The van der Waals surface area contributed by atoms with E-state index in [2.05, 4.69) is 39.0 Å². The predicted molar refractivity (Wildman–Crippen MR) is 108 cm³/mol. The molecule has 5 heteroatoms. The molecule has 2 saturated heterocycles. The summed E-state index contributed by atoms with van der Waals surface area (Å²) in [6, 6.07) is 10.4. The minimum Gasteiger partial charge on any atom is -0.379 e. The summed E-state index contributed by atoms with van der Waals surface area (Å²) >= 11 is 0. The van der Waals surface area contributed by atoms with E-state index in [1.165, 1.54) is 11.1 Å². The number of ketones is 1. The standard InChI is InChI=1S/C22H29N3O2/c26-22(6-3-11-24-14-16-27-17-15-24)18-8-12-25(13-9-18)21-7-10-23-20-5-2-1-4-19(20)21/h1-2,4-5,7,10,18H,3,6,8-9,11-17H2. The first kappa shape index (κ1) is 18.4. The van der Waals surface area contributed by atoms with E-state index in [1.807, 2.05) is 12.3 Å². The number of morpholine rings is 1. The fourth-order valence-corrected chi connectivity index (χ4v) is 4.30. The van der Waals surface area contributed by atoms with Crippen molar-refractivity contribution in [2.75, 3.05) is 50.8 Å². The van der Waals surface area contributed by atoms with Crippen molar-refractivity contribution < 1.29 is 9.53 Å². The van der Waals surface area contributed by atoms with Gasteiger partial charge < -0.3 is 9.64 Å². The third kappa shape index (κ3) is 4.47. The third-order valence-electron chi connectivity index (χ3n) is 5.92. The van der Waals surface area contributed by atoms with Crippen LogP contribution in [0, 0.1) is 5.92 Å². The number of fused-ring (bicyclic) bond motifs is 1. The highest BCUT2D eigenvalue weighted by Gasteiger charge is 2.25. The predicted octanol–water partition coefficient (Wildman–Crippen LogP) is 3.13. The first-order valence-corrected chi connectivity index (χ1v) is 10.2. The van der Waals surface area contributed by atoms with Gasteiger partial charge >= 0.3 is 0 Å². The number of rotatable bonds is 6. The number of piperidine rings is 1. The minimum atomic E-state index is 0.235. The van der Waals surface area contributed by atoms with Crippen molar-refractivity contribution in [2.24, 2.45) is 5.92 Å². The Labute approximate surface area is 161 Å². The molecule has 0 amide bonds. The van der Waals surface area contributed by atoms with Crippen LogP contribution in [0.25, 0.3) is 10.9 Å². The van der Waals surface area contributed by atoms with Gasteiger partial charge in [0, 0.05) is 55.8 Å². The summed E-state index contributed by atoms with van der Waals surface area (Å²) < 4.78 is 5.38. The third-order valence-corrected chi connectivity index (χ3v) is 5.92. The molecule has 0 spiro atoms. The highest BCUT2D eigenvalue weighted by molar-refractivity contribution is 5.91. The molecular weight excluding hydrogens is 338 g/mol. The van der Waals surface area contributed by atoms with Crippen LogP contribution in [0.1, 0.15) is 25.7 Å². The van der Waals surface area contributed by atoms with Crippen molar-refractivity contribution in [3.05, 3.63) is 36.5 Å². The van der Waals surface area contributed by atoms with Crippen molar-refractivity contribution in [1.82, 2.24) is 9.88 Å². The first-order chi connectivity index (χ1) is 13.3. The molecule has 2 aromatic rings. The number of nitrogens with zero attached hydrogens (tertiary/aromatic N) is 3. The van der Waals surface area contributed by atoms with E-state index in [1.54, 1.807) is 0 Å². The van der Waals surface area contributed by atoms with E-state index in [0.29, 0.717) is 5.78 Å². The highest BCUT2D eigenvalue weighted by Crippen LogP contribution is 2.29. The second-order valence-corrected chi connectivity index (χ2v) is 7.63. The molecule has 0 unspecified atom stereocenters. The fourth-order valence-electron chi connectivity index (χ4n) is 4.30. The van der Waals surface area contributed by atoms with Crippen LogP contribution in [-0.2, 0) is 9.53 Å². The maximum Gasteiger partial charge on any atom is 0.136 e. The average molecular weight is 367 g/mol. The number of hydrogen-bond donors (Lipinski definition) is 0. The van der Waals surface area contributed by atoms with E-state index in [-0.39, 0.29) is 5.92 Å². The molecule has 2 fully saturated rings. The Bertz CT molecular complexity index is 760. The summed E-state index contributed by atoms with van der Waals surface area (Å²) in [5.41, 5.74) is 2.29. The quantitative estimate of drug-likeness (QED) is 0.785. The number of benzene rings is 1. The molecule has 1 aromatic carbocycles. The van der Waals surface area contributed by atoms with Gasteiger partial charge in [0.05, 0.1) is 18.7 Å². The van der Waals surface area contributed by atoms with Crippen LogP contribution in [0.5, 0.6) is 0 Å². The number of anilines is 1. The van der Waals surface area contributed by atoms with Gasteiger partial charge in [0.2, 0.25) is 0 Å². The molecule has 0 aliphatic carbocycles. The van der Waals surface area contributed by atoms with E-state index in [0.717, 1.165) is 77.1 Å². The van der Waals surface area contributed by atoms with Crippen LogP contribution in [0.4, 0.5) is 5.69 Å². The molecule has 0 N–H and O–H groups in total. The summed E-state index contributed by atoms with van der Waals surface area (Å²) in [4.78, 5) is 21.9. The van der Waals surface area contributed by atoms with Crippen LogP contribution in [0.2, 0.25) is 0 Å². The lowest BCUT2D eigenvalue weighted by atomic mass is 9.90. The molecule has 0 bridgehead atoms. The molecule has 2 aliphatic heterocycles.